The number of carbonyl (C=O) groups excluding carboxylic acids is 1. The van der Waals surface area contributed by atoms with Gasteiger partial charge in [-0.15, -0.1) is 0 Å². The van der Waals surface area contributed by atoms with Crippen LogP contribution in [0.3, 0.4) is 0 Å². The molecule has 2 aromatic rings. The highest BCUT2D eigenvalue weighted by Gasteiger charge is 2.36. The Bertz CT molecular complexity index is 722. The van der Waals surface area contributed by atoms with Gasteiger partial charge in [0.2, 0.25) is 5.28 Å². The number of aliphatic hydroxyl groups excluding tert-OH is 1. The zero-order valence-corrected chi connectivity index (χ0v) is 13.0. The smallest absolute Gasteiger partial charge is 0.302 e. The molecule has 0 aliphatic carbocycles. The van der Waals surface area contributed by atoms with Crippen LogP contribution in [-0.4, -0.2) is 49.4 Å². The molecule has 118 valence electrons. The molecule has 0 bridgehead atoms. The number of aliphatic hydroxyl groups is 1. The van der Waals surface area contributed by atoms with Gasteiger partial charge in [-0.2, -0.15) is 4.98 Å². The van der Waals surface area contributed by atoms with Crippen molar-refractivity contribution in [2.24, 2.45) is 0 Å². The van der Waals surface area contributed by atoms with Crippen LogP contribution in [0.4, 0.5) is 0 Å². The van der Waals surface area contributed by atoms with Gasteiger partial charge >= 0.3 is 5.97 Å². The van der Waals surface area contributed by atoms with Crippen molar-refractivity contribution in [3.05, 3.63) is 16.8 Å². The van der Waals surface area contributed by atoms with Gasteiger partial charge in [-0.1, -0.05) is 11.6 Å². The zero-order valence-electron chi connectivity index (χ0n) is 11.4. The van der Waals surface area contributed by atoms with Gasteiger partial charge in [0, 0.05) is 13.3 Å². The van der Waals surface area contributed by atoms with Crippen molar-refractivity contribution in [2.75, 3.05) is 6.61 Å². The minimum Gasteiger partial charge on any atom is -0.463 e. The van der Waals surface area contributed by atoms with E-state index in [1.807, 2.05) is 0 Å². The molecule has 3 heterocycles. The first-order valence-electron chi connectivity index (χ1n) is 6.48. The summed E-state index contributed by atoms with van der Waals surface area (Å²) in [5.74, 6) is -0.432. The third kappa shape index (κ3) is 2.87. The molecule has 0 unspecified atom stereocenters. The van der Waals surface area contributed by atoms with E-state index in [1.165, 1.54) is 13.3 Å². The van der Waals surface area contributed by atoms with Gasteiger partial charge in [0.25, 0.3) is 0 Å². The van der Waals surface area contributed by atoms with E-state index in [-0.39, 0.29) is 17.0 Å². The minimum atomic E-state index is -0.769. The first-order chi connectivity index (χ1) is 10.5. The minimum absolute atomic E-state index is 0.00532. The van der Waals surface area contributed by atoms with Gasteiger partial charge in [0.1, 0.15) is 24.5 Å². The van der Waals surface area contributed by atoms with Gasteiger partial charge in [-0.05, 0) is 11.6 Å². The van der Waals surface area contributed by atoms with E-state index in [0.29, 0.717) is 17.6 Å². The lowest BCUT2D eigenvalue weighted by Crippen LogP contribution is -2.27. The van der Waals surface area contributed by atoms with Gasteiger partial charge in [-0.3, -0.25) is 9.36 Å². The number of carbonyl (C=O) groups is 1. The predicted molar refractivity (Wildman–Crippen MR) is 76.5 cm³/mol. The summed E-state index contributed by atoms with van der Waals surface area (Å²) in [7, 11) is 0. The van der Waals surface area contributed by atoms with Crippen LogP contribution in [0.1, 0.15) is 19.6 Å². The molecule has 0 aromatic carbocycles. The average molecular weight is 347 g/mol. The van der Waals surface area contributed by atoms with Crippen LogP contribution >= 0.6 is 23.2 Å². The van der Waals surface area contributed by atoms with E-state index in [1.54, 1.807) is 4.57 Å². The van der Waals surface area contributed by atoms with Crippen molar-refractivity contribution in [1.29, 1.82) is 0 Å². The van der Waals surface area contributed by atoms with Gasteiger partial charge < -0.3 is 14.6 Å². The summed E-state index contributed by atoms with van der Waals surface area (Å²) in [6.45, 7) is 1.28. The second kappa shape index (κ2) is 5.96. The molecule has 3 atom stereocenters. The quantitative estimate of drug-likeness (QED) is 0.508. The number of rotatable bonds is 3. The molecule has 22 heavy (non-hydrogen) atoms. The number of fused-ring (bicyclic) bond motifs is 1. The zero-order chi connectivity index (χ0) is 15.9. The maximum Gasteiger partial charge on any atom is 0.302 e. The summed E-state index contributed by atoms with van der Waals surface area (Å²) in [5.41, 5.74) is 0.808. The first kappa shape index (κ1) is 15.4. The monoisotopic (exact) mass is 346 g/mol. The molecule has 3 rings (SSSR count). The molecule has 1 N–H and O–H groups in total. The van der Waals surface area contributed by atoms with Crippen LogP contribution < -0.4 is 0 Å². The molecule has 10 heteroatoms. The van der Waals surface area contributed by atoms with Gasteiger partial charge in [-0.25, -0.2) is 9.97 Å². The molecule has 2 aromatic heterocycles. The van der Waals surface area contributed by atoms with Crippen LogP contribution in [0.25, 0.3) is 11.2 Å². The fourth-order valence-electron chi connectivity index (χ4n) is 2.30. The Labute approximate surface area is 135 Å². The second-order valence-corrected chi connectivity index (χ2v) is 5.54. The molecule has 0 spiro atoms. The van der Waals surface area contributed by atoms with Crippen LogP contribution in [0.15, 0.2) is 6.33 Å². The third-order valence-electron chi connectivity index (χ3n) is 3.32. The summed E-state index contributed by atoms with van der Waals surface area (Å²) in [6, 6.07) is 0. The van der Waals surface area contributed by atoms with E-state index in [2.05, 4.69) is 15.0 Å². The van der Waals surface area contributed by atoms with Crippen LogP contribution in [0.5, 0.6) is 0 Å². The highest BCUT2D eigenvalue weighted by molar-refractivity contribution is 6.35. The van der Waals surface area contributed by atoms with E-state index < -0.39 is 24.4 Å². The molecule has 1 aliphatic heterocycles. The highest BCUT2D eigenvalue weighted by atomic mass is 35.5. The van der Waals surface area contributed by atoms with Crippen molar-refractivity contribution in [1.82, 2.24) is 19.5 Å². The van der Waals surface area contributed by atoms with E-state index in [9.17, 15) is 9.90 Å². The van der Waals surface area contributed by atoms with E-state index >= 15 is 0 Å². The molecular weight excluding hydrogens is 335 g/mol. The maximum atomic E-state index is 10.8. The summed E-state index contributed by atoms with van der Waals surface area (Å²) in [6.07, 6.45) is -0.0969. The Morgan fingerprint density at radius 3 is 3.05 bits per heavy atom. The fourth-order valence-corrected chi connectivity index (χ4v) is 2.72. The first-order valence-corrected chi connectivity index (χ1v) is 7.23. The fraction of sp³-hybridized carbons (Fsp3) is 0.500. The Morgan fingerprint density at radius 2 is 2.32 bits per heavy atom. The van der Waals surface area contributed by atoms with Crippen molar-refractivity contribution in [2.45, 2.75) is 31.8 Å². The summed E-state index contributed by atoms with van der Waals surface area (Å²) < 4.78 is 12.2. The van der Waals surface area contributed by atoms with Crippen LogP contribution in [-0.2, 0) is 14.3 Å². The number of imidazole rings is 1. The number of halogens is 2. The Morgan fingerprint density at radius 1 is 1.55 bits per heavy atom. The maximum absolute atomic E-state index is 10.8. The summed E-state index contributed by atoms with van der Waals surface area (Å²) in [5, 5.41) is 10.2. The SMILES string of the molecule is CC(=O)OC[C@H]1O[C@@H](n2cnc3c(Cl)nc(Cl)nc32)C[C@H]1O. The van der Waals surface area contributed by atoms with Crippen molar-refractivity contribution in [3.63, 3.8) is 0 Å². The standard InChI is InChI=1S/C12H12Cl2N4O4/c1-5(19)21-3-7-6(20)2-8(22-7)18-4-15-9-10(13)16-12(14)17-11(9)18/h4,6-8,20H,2-3H2,1H3/t6-,7-,8-/m1/s1. The molecule has 1 saturated heterocycles. The molecule has 1 aliphatic rings. The topological polar surface area (TPSA) is 99.4 Å². The number of nitrogens with zero attached hydrogens (tertiary/aromatic N) is 4. The summed E-state index contributed by atoms with van der Waals surface area (Å²) in [4.78, 5) is 22.9. The number of ether oxygens (including phenoxy) is 2. The predicted octanol–water partition coefficient (Wildman–Crippen LogP) is 1.34. The lowest BCUT2D eigenvalue weighted by Gasteiger charge is -2.15. The summed E-state index contributed by atoms with van der Waals surface area (Å²) >= 11 is 11.8. The van der Waals surface area contributed by atoms with Crippen molar-refractivity contribution in [3.8, 4) is 0 Å². The molecule has 0 amide bonds. The molecule has 0 saturated carbocycles. The number of hydrogen-bond acceptors (Lipinski definition) is 7. The third-order valence-corrected chi connectivity index (χ3v) is 3.75. The average Bonchev–Trinajstić information content (AvgIpc) is 3.00. The van der Waals surface area contributed by atoms with Crippen LogP contribution in [0.2, 0.25) is 10.4 Å². The van der Waals surface area contributed by atoms with Crippen molar-refractivity contribution >= 4 is 40.3 Å². The lowest BCUT2D eigenvalue weighted by molar-refractivity contribution is -0.147. The van der Waals surface area contributed by atoms with Gasteiger partial charge in [0.15, 0.2) is 10.8 Å². The number of hydrogen-bond donors (Lipinski definition) is 1. The second-order valence-electron chi connectivity index (χ2n) is 4.84. The van der Waals surface area contributed by atoms with Crippen LogP contribution in [0, 0.1) is 0 Å². The normalized spacial score (nSPS) is 24.8. The van der Waals surface area contributed by atoms with Gasteiger partial charge in [0.05, 0.1) is 12.4 Å². The Hall–Kier alpha value is -1.48. The number of aromatic nitrogens is 4. The van der Waals surface area contributed by atoms with E-state index in [0.717, 1.165) is 0 Å². The number of esters is 1. The Balaban J connectivity index is 1.85. The lowest BCUT2D eigenvalue weighted by atomic mass is 10.2. The largest absolute Gasteiger partial charge is 0.463 e. The van der Waals surface area contributed by atoms with Crippen molar-refractivity contribution < 1.29 is 19.4 Å². The highest BCUT2D eigenvalue weighted by Crippen LogP contribution is 2.32. The molecular formula is C12H12Cl2N4O4. The molecule has 1 fully saturated rings. The Kier molecular flexibility index (Phi) is 4.18. The van der Waals surface area contributed by atoms with E-state index in [4.69, 9.17) is 32.7 Å². The molecule has 8 nitrogen and oxygen atoms in total. The molecule has 0 radical (unpaired) electrons.